The molecule has 1 spiro atoms. The Hall–Kier alpha value is -0.840. The lowest BCUT2D eigenvalue weighted by molar-refractivity contribution is 0.200. The molecule has 0 radical (unpaired) electrons. The summed E-state index contributed by atoms with van der Waals surface area (Å²) in [5.74, 6) is 0. The van der Waals surface area contributed by atoms with Gasteiger partial charge in [0.1, 0.15) is 0 Å². The van der Waals surface area contributed by atoms with E-state index in [9.17, 15) is 8.42 Å². The average molecular weight is 326 g/mol. The van der Waals surface area contributed by atoms with Gasteiger partial charge >= 0.3 is 0 Å². The van der Waals surface area contributed by atoms with Gasteiger partial charge in [-0.25, -0.2) is 8.42 Å². The van der Waals surface area contributed by atoms with Gasteiger partial charge in [0.05, 0.1) is 10.4 Å². The van der Waals surface area contributed by atoms with Crippen molar-refractivity contribution < 1.29 is 8.42 Å². The van der Waals surface area contributed by atoms with Crippen LogP contribution in [0.5, 0.6) is 0 Å². The number of benzene rings is 1. The fraction of sp³-hybridized carbons (Fsp3) is 0.500. The van der Waals surface area contributed by atoms with Crippen LogP contribution in [0.2, 0.25) is 5.02 Å². The van der Waals surface area contributed by atoms with Crippen molar-refractivity contribution in [2.45, 2.75) is 44.6 Å². The van der Waals surface area contributed by atoms with E-state index in [-0.39, 0.29) is 5.54 Å². The van der Waals surface area contributed by atoms with Crippen molar-refractivity contribution in [3.63, 3.8) is 0 Å². The second-order valence-electron chi connectivity index (χ2n) is 6.03. The van der Waals surface area contributed by atoms with E-state index < -0.39 is 10.0 Å². The Kier molecular flexibility index (Phi) is 3.67. The Morgan fingerprint density at radius 1 is 1.10 bits per heavy atom. The van der Waals surface area contributed by atoms with Crippen molar-refractivity contribution in [2.24, 2.45) is 0 Å². The van der Waals surface area contributed by atoms with Crippen molar-refractivity contribution in [1.82, 2.24) is 4.31 Å². The first-order valence-electron chi connectivity index (χ1n) is 7.36. The number of nitrogens with zero attached hydrogens (tertiary/aromatic N) is 1. The van der Waals surface area contributed by atoms with Crippen LogP contribution < -0.4 is 0 Å². The first-order chi connectivity index (χ1) is 9.89. The molecule has 3 rings (SSSR count). The highest BCUT2D eigenvalue weighted by Crippen LogP contribution is 2.50. The third kappa shape index (κ3) is 2.16. The van der Waals surface area contributed by atoms with Gasteiger partial charge in [0.2, 0.25) is 10.0 Å². The van der Waals surface area contributed by atoms with Crippen LogP contribution >= 0.6 is 11.6 Å². The van der Waals surface area contributed by atoms with Crippen molar-refractivity contribution in [2.75, 3.05) is 7.05 Å². The van der Waals surface area contributed by atoms with Gasteiger partial charge in [0.25, 0.3) is 0 Å². The summed E-state index contributed by atoms with van der Waals surface area (Å²) in [5, 5.41) is 0.619. The Labute approximate surface area is 131 Å². The SMILES string of the molecule is CC1=C(c2ccc(Cl)cc2)S(=O)(=O)N(C)C12CCCCC2. The molecule has 0 saturated heterocycles. The fourth-order valence-electron chi connectivity index (χ4n) is 3.80. The van der Waals surface area contributed by atoms with Crippen LogP contribution in [0.25, 0.3) is 4.91 Å². The monoisotopic (exact) mass is 325 g/mol. The van der Waals surface area contributed by atoms with Crippen LogP contribution in [-0.4, -0.2) is 25.3 Å². The topological polar surface area (TPSA) is 37.4 Å². The lowest BCUT2D eigenvalue weighted by atomic mass is 9.76. The molecule has 5 heteroatoms. The minimum absolute atomic E-state index is 0.313. The lowest BCUT2D eigenvalue weighted by Gasteiger charge is -2.39. The van der Waals surface area contributed by atoms with Gasteiger partial charge in [0.15, 0.2) is 0 Å². The number of hydrogen-bond acceptors (Lipinski definition) is 2. The van der Waals surface area contributed by atoms with Crippen molar-refractivity contribution >= 4 is 26.5 Å². The zero-order chi connectivity index (χ0) is 15.3. The molecule has 114 valence electrons. The van der Waals surface area contributed by atoms with Crippen LogP contribution in [-0.2, 0) is 10.0 Å². The number of sulfonamides is 1. The maximum absolute atomic E-state index is 12.9. The molecular weight excluding hydrogens is 306 g/mol. The fourth-order valence-corrected chi connectivity index (χ4v) is 5.99. The van der Waals surface area contributed by atoms with Crippen molar-refractivity contribution in [1.29, 1.82) is 0 Å². The molecule has 0 amide bonds. The van der Waals surface area contributed by atoms with Gasteiger partial charge in [-0.05, 0) is 43.0 Å². The summed E-state index contributed by atoms with van der Waals surface area (Å²) in [6.07, 6.45) is 5.21. The molecule has 2 aliphatic rings. The molecule has 1 fully saturated rings. The van der Waals surface area contributed by atoms with Crippen LogP contribution in [0.3, 0.4) is 0 Å². The molecule has 1 heterocycles. The predicted octanol–water partition coefficient (Wildman–Crippen LogP) is 4.05. The van der Waals surface area contributed by atoms with E-state index in [0.717, 1.165) is 36.8 Å². The summed E-state index contributed by atoms with van der Waals surface area (Å²) in [6, 6.07) is 7.10. The standard InChI is InChI=1S/C16H20ClNO2S/c1-12-15(13-6-8-14(17)9-7-13)21(19,20)18(2)16(12)10-4-3-5-11-16/h6-9H,3-5,10-11H2,1-2H3. The van der Waals surface area contributed by atoms with Gasteiger partial charge in [0, 0.05) is 12.1 Å². The summed E-state index contributed by atoms with van der Waals surface area (Å²) >= 11 is 5.92. The highest BCUT2D eigenvalue weighted by atomic mass is 35.5. The van der Waals surface area contributed by atoms with Crippen LogP contribution in [0, 0.1) is 0 Å². The number of likely N-dealkylation sites (N-methyl/N-ethyl adjacent to an activating group) is 1. The minimum atomic E-state index is -3.42. The largest absolute Gasteiger partial charge is 0.244 e. The Balaban J connectivity index is 2.18. The maximum Gasteiger partial charge on any atom is 0.244 e. The molecule has 0 bridgehead atoms. The molecule has 21 heavy (non-hydrogen) atoms. The molecule has 0 atom stereocenters. The molecule has 3 nitrogen and oxygen atoms in total. The van der Waals surface area contributed by atoms with Crippen molar-refractivity contribution in [3.05, 3.63) is 40.4 Å². The van der Waals surface area contributed by atoms with Gasteiger partial charge < -0.3 is 0 Å². The number of hydrogen-bond donors (Lipinski definition) is 0. The zero-order valence-corrected chi connectivity index (χ0v) is 14.0. The highest BCUT2D eigenvalue weighted by molar-refractivity contribution is 7.98. The Bertz CT molecular complexity index is 685. The summed E-state index contributed by atoms with van der Waals surface area (Å²) < 4.78 is 27.4. The van der Waals surface area contributed by atoms with Crippen LogP contribution in [0.1, 0.15) is 44.6 Å². The van der Waals surface area contributed by atoms with Gasteiger partial charge in [-0.1, -0.05) is 43.0 Å². The lowest BCUT2D eigenvalue weighted by Crippen LogP contribution is -2.46. The second kappa shape index (κ2) is 5.11. The van der Waals surface area contributed by atoms with Gasteiger partial charge in [-0.3, -0.25) is 0 Å². The van der Waals surface area contributed by atoms with E-state index in [0.29, 0.717) is 9.93 Å². The van der Waals surface area contributed by atoms with Crippen LogP contribution in [0.4, 0.5) is 0 Å². The van der Waals surface area contributed by atoms with E-state index in [4.69, 9.17) is 11.6 Å². The van der Waals surface area contributed by atoms with E-state index in [2.05, 4.69) is 0 Å². The Morgan fingerprint density at radius 2 is 1.67 bits per heavy atom. The first kappa shape index (κ1) is 15.1. The number of rotatable bonds is 1. The molecule has 0 aromatic heterocycles. The molecular formula is C16H20ClNO2S. The van der Waals surface area contributed by atoms with Crippen LogP contribution in [0.15, 0.2) is 29.8 Å². The van der Waals surface area contributed by atoms with E-state index in [1.807, 2.05) is 6.92 Å². The van der Waals surface area contributed by atoms with Gasteiger partial charge in [-0.15, -0.1) is 0 Å². The number of halogens is 1. The summed E-state index contributed by atoms with van der Waals surface area (Å²) in [5.41, 5.74) is 1.42. The highest BCUT2D eigenvalue weighted by Gasteiger charge is 2.52. The minimum Gasteiger partial charge on any atom is -0.207 e. The summed E-state index contributed by atoms with van der Waals surface area (Å²) in [7, 11) is -1.69. The molecule has 1 aliphatic carbocycles. The molecule has 1 saturated carbocycles. The smallest absolute Gasteiger partial charge is 0.207 e. The predicted molar refractivity (Wildman–Crippen MR) is 86.5 cm³/mol. The third-order valence-corrected chi connectivity index (χ3v) is 7.43. The van der Waals surface area contributed by atoms with E-state index >= 15 is 0 Å². The third-order valence-electron chi connectivity index (χ3n) is 5.05. The van der Waals surface area contributed by atoms with E-state index in [1.165, 1.54) is 6.42 Å². The Morgan fingerprint density at radius 3 is 2.24 bits per heavy atom. The molecule has 1 aliphatic heterocycles. The quantitative estimate of drug-likeness (QED) is 0.781. The zero-order valence-electron chi connectivity index (χ0n) is 12.4. The average Bonchev–Trinajstić information content (AvgIpc) is 2.61. The molecule has 1 aromatic carbocycles. The summed E-state index contributed by atoms with van der Waals surface area (Å²) in [4.78, 5) is 0.476. The van der Waals surface area contributed by atoms with Gasteiger partial charge in [-0.2, -0.15) is 4.31 Å². The molecule has 0 N–H and O–H groups in total. The second-order valence-corrected chi connectivity index (χ2v) is 8.37. The molecule has 0 unspecified atom stereocenters. The molecule has 1 aromatic rings. The van der Waals surface area contributed by atoms with Crippen molar-refractivity contribution in [3.8, 4) is 0 Å². The normalized spacial score (nSPS) is 24.7. The maximum atomic E-state index is 12.9. The first-order valence-corrected chi connectivity index (χ1v) is 9.18. The van der Waals surface area contributed by atoms with E-state index in [1.54, 1.807) is 35.6 Å². The summed E-state index contributed by atoms with van der Waals surface area (Å²) in [6.45, 7) is 1.98.